The summed E-state index contributed by atoms with van der Waals surface area (Å²) in [6, 6.07) is 11.1. The number of rotatable bonds is 3. The summed E-state index contributed by atoms with van der Waals surface area (Å²) in [6.45, 7) is 0. The van der Waals surface area contributed by atoms with Crippen LogP contribution in [0.2, 0.25) is 0 Å². The maximum Gasteiger partial charge on any atom is 0.275 e. The monoisotopic (exact) mass is 334 g/mol. The van der Waals surface area contributed by atoms with E-state index in [1.807, 2.05) is 24.3 Å². The average molecular weight is 335 g/mol. The predicted octanol–water partition coefficient (Wildman–Crippen LogP) is 2.62. The van der Waals surface area contributed by atoms with Crippen LogP contribution in [0.4, 0.5) is 0 Å². The Bertz CT molecular complexity index is 671. The highest BCUT2D eigenvalue weighted by molar-refractivity contribution is 9.10. The molecule has 1 amide bonds. The highest BCUT2D eigenvalue weighted by atomic mass is 79.9. The van der Waals surface area contributed by atoms with Crippen molar-refractivity contribution in [1.82, 2.24) is 5.43 Å². The normalized spacial score (nSPS) is 10.7. The molecule has 2 aromatic rings. The minimum Gasteiger partial charge on any atom is -0.508 e. The Labute approximate surface area is 123 Å². The molecule has 2 rings (SSSR count). The summed E-state index contributed by atoms with van der Waals surface area (Å²) >= 11 is 3.33. The quantitative estimate of drug-likeness (QED) is 0.596. The van der Waals surface area contributed by atoms with Gasteiger partial charge in [0.05, 0.1) is 11.8 Å². The zero-order valence-corrected chi connectivity index (χ0v) is 11.8. The highest BCUT2D eigenvalue weighted by Crippen LogP contribution is 2.22. The molecule has 0 aliphatic rings. The zero-order chi connectivity index (χ0) is 14.5. The molecule has 0 atom stereocenters. The van der Waals surface area contributed by atoms with Crippen LogP contribution < -0.4 is 5.43 Å². The first-order valence-electron chi connectivity index (χ1n) is 5.67. The molecule has 0 aromatic heterocycles. The summed E-state index contributed by atoms with van der Waals surface area (Å²) in [5, 5.41) is 22.5. The summed E-state index contributed by atoms with van der Waals surface area (Å²) in [5.41, 5.74) is 3.15. The maximum absolute atomic E-state index is 11.8. The maximum atomic E-state index is 11.8. The van der Waals surface area contributed by atoms with Crippen molar-refractivity contribution in [3.8, 4) is 11.5 Å². The number of aromatic hydroxyl groups is 2. The van der Waals surface area contributed by atoms with Gasteiger partial charge in [-0.05, 0) is 29.8 Å². The first-order valence-corrected chi connectivity index (χ1v) is 6.46. The molecule has 0 fully saturated rings. The number of carbonyl (C=O) groups is 1. The molecule has 0 spiro atoms. The van der Waals surface area contributed by atoms with Crippen molar-refractivity contribution in [2.75, 3.05) is 0 Å². The molecule has 20 heavy (non-hydrogen) atoms. The summed E-state index contributed by atoms with van der Waals surface area (Å²) in [6.07, 6.45) is 1.49. The second kappa shape index (κ2) is 6.21. The molecule has 0 aliphatic carbocycles. The zero-order valence-electron chi connectivity index (χ0n) is 10.2. The molecular formula is C14H11BrN2O3. The minimum absolute atomic E-state index is 0.0363. The van der Waals surface area contributed by atoms with Gasteiger partial charge < -0.3 is 10.2 Å². The van der Waals surface area contributed by atoms with Gasteiger partial charge in [0.1, 0.15) is 11.5 Å². The third-order valence-corrected chi connectivity index (χ3v) is 2.95. The fourth-order valence-electron chi connectivity index (χ4n) is 1.52. The van der Waals surface area contributed by atoms with Crippen molar-refractivity contribution in [3.05, 3.63) is 58.1 Å². The number of nitrogens with zero attached hydrogens (tertiary/aromatic N) is 1. The Kier molecular flexibility index (Phi) is 4.37. The lowest BCUT2D eigenvalue weighted by atomic mass is 10.2. The second-order valence-electron chi connectivity index (χ2n) is 3.96. The minimum atomic E-state index is -0.561. The van der Waals surface area contributed by atoms with E-state index in [-0.39, 0.29) is 17.1 Å². The Morgan fingerprint density at radius 1 is 1.20 bits per heavy atom. The average Bonchev–Trinajstić information content (AvgIpc) is 2.38. The van der Waals surface area contributed by atoms with E-state index in [0.29, 0.717) is 0 Å². The van der Waals surface area contributed by atoms with Crippen molar-refractivity contribution in [3.63, 3.8) is 0 Å². The first kappa shape index (κ1) is 14.1. The topological polar surface area (TPSA) is 81.9 Å². The smallest absolute Gasteiger partial charge is 0.275 e. The fraction of sp³-hybridized carbons (Fsp3) is 0. The summed E-state index contributed by atoms with van der Waals surface area (Å²) in [7, 11) is 0. The molecule has 5 nitrogen and oxygen atoms in total. The fourth-order valence-corrected chi connectivity index (χ4v) is 1.94. The number of nitrogens with one attached hydrogen (secondary N) is 1. The molecule has 0 saturated heterocycles. The number of phenolic OH excluding ortho intramolecular Hbond substituents is 2. The van der Waals surface area contributed by atoms with Gasteiger partial charge in [-0.3, -0.25) is 4.79 Å². The molecule has 0 heterocycles. The molecule has 0 unspecified atom stereocenters. The molecule has 0 saturated carbocycles. The number of hydrogen-bond acceptors (Lipinski definition) is 4. The Morgan fingerprint density at radius 3 is 2.70 bits per heavy atom. The number of carbonyl (C=O) groups excluding carboxylic acids is 1. The summed E-state index contributed by atoms with van der Waals surface area (Å²) in [4.78, 5) is 11.8. The first-order chi connectivity index (χ1) is 9.56. The SMILES string of the molecule is O=C(NN=Cc1cccc(Br)c1)c1ccc(O)cc1O. The number of hydrogen-bond donors (Lipinski definition) is 3. The van der Waals surface area contributed by atoms with Crippen molar-refractivity contribution in [2.24, 2.45) is 5.10 Å². The van der Waals surface area contributed by atoms with Gasteiger partial charge >= 0.3 is 0 Å². The number of amides is 1. The van der Waals surface area contributed by atoms with E-state index in [9.17, 15) is 9.90 Å². The third kappa shape index (κ3) is 3.58. The van der Waals surface area contributed by atoms with Crippen LogP contribution in [-0.2, 0) is 0 Å². The van der Waals surface area contributed by atoms with Gasteiger partial charge in [-0.15, -0.1) is 0 Å². The van der Waals surface area contributed by atoms with E-state index < -0.39 is 5.91 Å². The van der Waals surface area contributed by atoms with Crippen LogP contribution in [0.1, 0.15) is 15.9 Å². The lowest BCUT2D eigenvalue weighted by Gasteiger charge is -2.03. The van der Waals surface area contributed by atoms with Gasteiger partial charge in [0, 0.05) is 10.5 Å². The highest BCUT2D eigenvalue weighted by Gasteiger charge is 2.10. The molecule has 0 aliphatic heterocycles. The van der Waals surface area contributed by atoms with Gasteiger partial charge in [0.15, 0.2) is 0 Å². The number of hydrazone groups is 1. The number of benzene rings is 2. The molecule has 0 radical (unpaired) electrons. The van der Waals surface area contributed by atoms with E-state index in [1.54, 1.807) is 0 Å². The van der Waals surface area contributed by atoms with E-state index in [0.717, 1.165) is 16.1 Å². The van der Waals surface area contributed by atoms with E-state index >= 15 is 0 Å². The van der Waals surface area contributed by atoms with Gasteiger partial charge in [-0.1, -0.05) is 28.1 Å². The van der Waals surface area contributed by atoms with Crippen molar-refractivity contribution in [2.45, 2.75) is 0 Å². The molecule has 102 valence electrons. The Balaban J connectivity index is 2.05. The van der Waals surface area contributed by atoms with Crippen LogP contribution in [0.3, 0.4) is 0 Å². The third-order valence-electron chi connectivity index (χ3n) is 2.45. The van der Waals surface area contributed by atoms with Gasteiger partial charge in [0.2, 0.25) is 0 Å². The van der Waals surface area contributed by atoms with Gasteiger partial charge in [0.25, 0.3) is 5.91 Å². The van der Waals surface area contributed by atoms with Crippen molar-refractivity contribution < 1.29 is 15.0 Å². The number of halogens is 1. The lowest BCUT2D eigenvalue weighted by Crippen LogP contribution is -2.17. The Hall–Kier alpha value is -2.34. The molecule has 6 heteroatoms. The Morgan fingerprint density at radius 2 is 2.00 bits per heavy atom. The van der Waals surface area contributed by atoms with Crippen molar-refractivity contribution in [1.29, 1.82) is 0 Å². The van der Waals surface area contributed by atoms with E-state index in [4.69, 9.17) is 5.11 Å². The van der Waals surface area contributed by atoms with E-state index in [2.05, 4.69) is 26.5 Å². The molecule has 2 aromatic carbocycles. The van der Waals surface area contributed by atoms with Crippen LogP contribution >= 0.6 is 15.9 Å². The standard InChI is InChI=1S/C14H11BrN2O3/c15-10-3-1-2-9(6-10)8-16-17-14(20)12-5-4-11(18)7-13(12)19/h1-8,18-19H,(H,17,20). The van der Waals surface area contributed by atoms with Crippen molar-refractivity contribution >= 4 is 28.1 Å². The largest absolute Gasteiger partial charge is 0.508 e. The van der Waals surface area contributed by atoms with Crippen LogP contribution in [0.25, 0.3) is 0 Å². The van der Waals surface area contributed by atoms with E-state index in [1.165, 1.54) is 18.3 Å². The number of phenols is 2. The van der Waals surface area contributed by atoms with Gasteiger partial charge in [-0.2, -0.15) is 5.10 Å². The van der Waals surface area contributed by atoms with Crippen LogP contribution in [0.5, 0.6) is 11.5 Å². The molecular weight excluding hydrogens is 324 g/mol. The van der Waals surface area contributed by atoms with Crippen LogP contribution in [-0.4, -0.2) is 22.3 Å². The summed E-state index contributed by atoms with van der Waals surface area (Å²) in [5.74, 6) is -0.981. The summed E-state index contributed by atoms with van der Waals surface area (Å²) < 4.78 is 0.906. The van der Waals surface area contributed by atoms with Crippen LogP contribution in [0, 0.1) is 0 Å². The van der Waals surface area contributed by atoms with Gasteiger partial charge in [-0.25, -0.2) is 5.43 Å². The van der Waals surface area contributed by atoms with Crippen LogP contribution in [0.15, 0.2) is 52.0 Å². The lowest BCUT2D eigenvalue weighted by molar-refractivity contribution is 0.0952. The second-order valence-corrected chi connectivity index (χ2v) is 4.87. The molecule has 0 bridgehead atoms. The molecule has 3 N–H and O–H groups in total. The predicted molar refractivity (Wildman–Crippen MR) is 79.0 cm³/mol.